The van der Waals surface area contributed by atoms with Crippen LogP contribution < -0.4 is 11.1 Å². The number of ether oxygens (including phenoxy) is 2. The molecule has 0 aliphatic rings. The largest absolute Gasteiger partial charge is 0.377 e. The second kappa shape index (κ2) is 6.76. The molecule has 0 bridgehead atoms. The summed E-state index contributed by atoms with van der Waals surface area (Å²) >= 11 is 0. The molecule has 5 nitrogen and oxygen atoms in total. The Hall–Kier alpha value is -0.650. The van der Waals surface area contributed by atoms with Crippen LogP contribution in [0.1, 0.15) is 20.8 Å². The molecule has 3 N–H and O–H groups in total. The molecular weight excluding hydrogens is 196 g/mol. The monoisotopic (exact) mass is 218 g/mol. The summed E-state index contributed by atoms with van der Waals surface area (Å²) < 4.78 is 10.7. The van der Waals surface area contributed by atoms with Crippen LogP contribution in [0.2, 0.25) is 0 Å². The van der Waals surface area contributed by atoms with E-state index in [0.29, 0.717) is 13.2 Å². The average Bonchev–Trinajstić information content (AvgIpc) is 2.08. The minimum absolute atomic E-state index is 0.157. The van der Waals surface area contributed by atoms with Crippen molar-refractivity contribution >= 4 is 5.91 Å². The van der Waals surface area contributed by atoms with E-state index in [1.54, 1.807) is 7.05 Å². The van der Waals surface area contributed by atoms with Crippen molar-refractivity contribution in [2.24, 2.45) is 5.73 Å². The quantitative estimate of drug-likeness (QED) is 0.585. The lowest BCUT2D eigenvalue weighted by atomic mass is 10.2. The zero-order chi connectivity index (χ0) is 11.9. The highest BCUT2D eigenvalue weighted by Gasteiger charge is 2.13. The summed E-state index contributed by atoms with van der Waals surface area (Å²) in [5, 5.41) is 2.77. The van der Waals surface area contributed by atoms with Crippen LogP contribution in [0.4, 0.5) is 0 Å². The molecule has 0 saturated carbocycles. The topological polar surface area (TPSA) is 73.6 Å². The predicted octanol–water partition coefficient (Wildman–Crippen LogP) is -0.109. The summed E-state index contributed by atoms with van der Waals surface area (Å²) in [5.41, 5.74) is 4.96. The Morgan fingerprint density at radius 3 is 2.40 bits per heavy atom. The number of hydrogen-bond donors (Lipinski definition) is 2. The minimum Gasteiger partial charge on any atom is -0.377 e. The first-order valence-corrected chi connectivity index (χ1v) is 5.05. The molecule has 0 spiro atoms. The summed E-state index contributed by atoms with van der Waals surface area (Å²) in [6.07, 6.45) is 0. The lowest BCUT2D eigenvalue weighted by Crippen LogP contribution is -2.42. The zero-order valence-corrected chi connectivity index (χ0v) is 10.0. The number of rotatable bonds is 7. The first-order valence-electron chi connectivity index (χ1n) is 5.05. The van der Waals surface area contributed by atoms with Crippen LogP contribution in [-0.2, 0) is 14.3 Å². The number of amides is 1. The van der Waals surface area contributed by atoms with Gasteiger partial charge in [-0.15, -0.1) is 0 Å². The van der Waals surface area contributed by atoms with Crippen molar-refractivity contribution in [2.75, 3.05) is 26.9 Å². The number of primary amides is 1. The van der Waals surface area contributed by atoms with Crippen molar-refractivity contribution < 1.29 is 14.3 Å². The molecule has 0 aromatic carbocycles. The van der Waals surface area contributed by atoms with Gasteiger partial charge in [-0.2, -0.15) is 0 Å². The standard InChI is InChI=1S/C10H22N2O3/c1-10(2,3)15-6-5-14-7-8(12-4)9(11)13/h8,12H,5-7H2,1-4H3,(H2,11,13). The number of carbonyl (C=O) groups excluding carboxylic acids is 1. The molecule has 0 aliphatic carbocycles. The van der Waals surface area contributed by atoms with Crippen LogP contribution in [0.3, 0.4) is 0 Å². The van der Waals surface area contributed by atoms with Gasteiger partial charge in [0.05, 0.1) is 25.4 Å². The maximum atomic E-state index is 10.8. The highest BCUT2D eigenvalue weighted by atomic mass is 16.5. The molecule has 0 aliphatic heterocycles. The molecule has 15 heavy (non-hydrogen) atoms. The smallest absolute Gasteiger partial charge is 0.236 e. The predicted molar refractivity (Wildman–Crippen MR) is 58.6 cm³/mol. The summed E-state index contributed by atoms with van der Waals surface area (Å²) in [7, 11) is 1.67. The van der Waals surface area contributed by atoms with Crippen LogP contribution in [0.15, 0.2) is 0 Å². The number of carbonyl (C=O) groups is 1. The molecule has 90 valence electrons. The van der Waals surface area contributed by atoms with E-state index in [1.807, 2.05) is 20.8 Å². The van der Waals surface area contributed by atoms with E-state index >= 15 is 0 Å². The van der Waals surface area contributed by atoms with Crippen molar-refractivity contribution in [3.63, 3.8) is 0 Å². The van der Waals surface area contributed by atoms with E-state index in [-0.39, 0.29) is 12.2 Å². The van der Waals surface area contributed by atoms with Crippen molar-refractivity contribution in [3.8, 4) is 0 Å². The molecule has 5 heteroatoms. The van der Waals surface area contributed by atoms with Crippen LogP contribution >= 0.6 is 0 Å². The molecule has 0 fully saturated rings. The van der Waals surface area contributed by atoms with E-state index in [0.717, 1.165) is 0 Å². The Kier molecular flexibility index (Phi) is 6.47. The Balaban J connectivity index is 3.49. The third kappa shape index (κ3) is 8.35. The molecule has 0 heterocycles. The lowest BCUT2D eigenvalue weighted by Gasteiger charge is -2.20. The highest BCUT2D eigenvalue weighted by Crippen LogP contribution is 2.05. The van der Waals surface area contributed by atoms with Crippen LogP contribution in [0.5, 0.6) is 0 Å². The van der Waals surface area contributed by atoms with Gasteiger partial charge in [0, 0.05) is 0 Å². The van der Waals surface area contributed by atoms with E-state index in [2.05, 4.69) is 5.32 Å². The third-order valence-corrected chi connectivity index (χ3v) is 1.74. The maximum Gasteiger partial charge on any atom is 0.236 e. The van der Waals surface area contributed by atoms with Gasteiger partial charge in [0.2, 0.25) is 5.91 Å². The molecule has 0 aromatic heterocycles. The zero-order valence-electron chi connectivity index (χ0n) is 10.0. The van der Waals surface area contributed by atoms with Gasteiger partial charge >= 0.3 is 0 Å². The molecule has 1 atom stereocenters. The third-order valence-electron chi connectivity index (χ3n) is 1.74. The normalized spacial score (nSPS) is 13.9. The van der Waals surface area contributed by atoms with Gasteiger partial charge < -0.3 is 20.5 Å². The van der Waals surface area contributed by atoms with Crippen LogP contribution in [0, 0.1) is 0 Å². The number of nitrogens with two attached hydrogens (primary N) is 1. The van der Waals surface area contributed by atoms with E-state index < -0.39 is 11.9 Å². The Bertz CT molecular complexity index is 190. The summed E-state index contributed by atoms with van der Waals surface area (Å²) in [4.78, 5) is 10.8. The molecule has 0 radical (unpaired) electrons. The second-order valence-electron chi connectivity index (χ2n) is 4.28. The molecule has 1 unspecified atom stereocenters. The van der Waals surface area contributed by atoms with E-state index in [1.165, 1.54) is 0 Å². The van der Waals surface area contributed by atoms with Gasteiger partial charge in [0.1, 0.15) is 6.04 Å². The Labute approximate surface area is 91.3 Å². The van der Waals surface area contributed by atoms with Gasteiger partial charge in [0.25, 0.3) is 0 Å². The van der Waals surface area contributed by atoms with Crippen LogP contribution in [0.25, 0.3) is 0 Å². The fourth-order valence-corrected chi connectivity index (χ4v) is 0.916. The maximum absolute atomic E-state index is 10.8. The SMILES string of the molecule is CNC(COCCOC(C)(C)C)C(N)=O. The molecule has 0 rings (SSSR count). The number of hydrogen-bond acceptors (Lipinski definition) is 4. The lowest BCUT2D eigenvalue weighted by molar-refractivity contribution is -0.121. The molecule has 0 saturated heterocycles. The van der Waals surface area contributed by atoms with Crippen LogP contribution in [-0.4, -0.2) is 44.4 Å². The van der Waals surface area contributed by atoms with E-state index in [4.69, 9.17) is 15.2 Å². The molecule has 1 amide bonds. The van der Waals surface area contributed by atoms with Gasteiger partial charge in [-0.1, -0.05) is 0 Å². The summed E-state index contributed by atoms with van der Waals surface area (Å²) in [6, 6.07) is -0.431. The highest BCUT2D eigenvalue weighted by molar-refractivity contribution is 5.79. The second-order valence-corrected chi connectivity index (χ2v) is 4.28. The number of likely N-dealkylation sites (N-methyl/N-ethyl adjacent to an activating group) is 1. The fraction of sp³-hybridized carbons (Fsp3) is 0.900. The van der Waals surface area contributed by atoms with Gasteiger partial charge in [-0.25, -0.2) is 0 Å². The first-order chi connectivity index (χ1) is 6.87. The van der Waals surface area contributed by atoms with Crippen molar-refractivity contribution in [1.29, 1.82) is 0 Å². The summed E-state index contributed by atoms with van der Waals surface area (Å²) in [6.45, 7) is 7.19. The molecule has 0 aromatic rings. The average molecular weight is 218 g/mol. The van der Waals surface area contributed by atoms with Crippen molar-refractivity contribution in [2.45, 2.75) is 32.4 Å². The first kappa shape index (κ1) is 14.3. The van der Waals surface area contributed by atoms with Crippen molar-refractivity contribution in [3.05, 3.63) is 0 Å². The van der Waals surface area contributed by atoms with Gasteiger partial charge in [0.15, 0.2) is 0 Å². The Morgan fingerprint density at radius 1 is 1.40 bits per heavy atom. The minimum atomic E-state index is -0.431. The summed E-state index contributed by atoms with van der Waals surface area (Å²) in [5.74, 6) is -0.408. The number of nitrogens with one attached hydrogen (secondary N) is 1. The molecular formula is C10H22N2O3. The fourth-order valence-electron chi connectivity index (χ4n) is 0.916. The Morgan fingerprint density at radius 2 is 2.00 bits per heavy atom. The van der Waals surface area contributed by atoms with Gasteiger partial charge in [-0.3, -0.25) is 4.79 Å². The van der Waals surface area contributed by atoms with Gasteiger partial charge in [-0.05, 0) is 27.8 Å². The van der Waals surface area contributed by atoms with E-state index in [9.17, 15) is 4.79 Å². The van der Waals surface area contributed by atoms with Crippen molar-refractivity contribution in [1.82, 2.24) is 5.32 Å².